The molecule has 1 fully saturated rings. The number of amides is 2. The van der Waals surface area contributed by atoms with Gasteiger partial charge in [-0.3, -0.25) is 14.4 Å². The first-order chi connectivity index (χ1) is 21.9. The number of hydrogen-bond donors (Lipinski definition) is 2. The Labute approximate surface area is 266 Å². The highest BCUT2D eigenvalue weighted by molar-refractivity contribution is 7.14. The number of benzene rings is 1. The number of aryl methyl sites for hydroxylation is 2. The molecule has 45 heavy (non-hydrogen) atoms. The van der Waals surface area contributed by atoms with E-state index in [-0.39, 0.29) is 24.0 Å². The van der Waals surface area contributed by atoms with Gasteiger partial charge in [0.05, 0.1) is 22.7 Å². The standard InChI is InChI=1S/C35H37N5O4S/c1-38-20-23(18-28(34(38)43)37-31-13-12-22(19-36-31)33(42)39-15-5-2-6-16-39)24-9-7-10-29(27(24)21-41)40-17-14-26-25-8-3-4-11-30(25)45-32(26)35(40)44/h7,9-10,12-13,18-20,41H,2-6,8,11,14-17,21H2,1H3,(H,36,37). The van der Waals surface area contributed by atoms with E-state index in [2.05, 4.69) is 10.3 Å². The van der Waals surface area contributed by atoms with Gasteiger partial charge in [-0.2, -0.15) is 0 Å². The number of aliphatic hydroxyl groups excluding tert-OH is 1. The summed E-state index contributed by atoms with van der Waals surface area (Å²) in [7, 11) is 1.68. The number of nitrogens with one attached hydrogen (secondary N) is 1. The van der Waals surface area contributed by atoms with Gasteiger partial charge in [-0.1, -0.05) is 12.1 Å². The fourth-order valence-corrected chi connectivity index (χ4v) is 8.36. The molecule has 10 heteroatoms. The lowest BCUT2D eigenvalue weighted by Gasteiger charge is -2.30. The summed E-state index contributed by atoms with van der Waals surface area (Å²) in [6.45, 7) is 1.83. The van der Waals surface area contributed by atoms with E-state index >= 15 is 0 Å². The highest BCUT2D eigenvalue weighted by Crippen LogP contribution is 2.40. The molecular formula is C35H37N5O4S. The number of aromatic nitrogens is 2. The molecule has 5 heterocycles. The molecule has 9 nitrogen and oxygen atoms in total. The molecule has 0 radical (unpaired) electrons. The van der Waals surface area contributed by atoms with Gasteiger partial charge in [0.15, 0.2) is 0 Å². The summed E-state index contributed by atoms with van der Waals surface area (Å²) < 4.78 is 1.49. The normalized spacial score (nSPS) is 16.4. The van der Waals surface area contributed by atoms with Crippen LogP contribution in [0.2, 0.25) is 0 Å². The number of likely N-dealkylation sites (tertiary alicyclic amines) is 1. The Balaban J connectivity index is 1.17. The second-order valence-corrected chi connectivity index (χ2v) is 13.3. The van der Waals surface area contributed by atoms with Crippen molar-refractivity contribution in [2.24, 2.45) is 7.05 Å². The molecule has 0 bridgehead atoms. The van der Waals surface area contributed by atoms with E-state index in [4.69, 9.17) is 0 Å². The summed E-state index contributed by atoms with van der Waals surface area (Å²) in [4.78, 5) is 50.2. The third-order valence-electron chi connectivity index (χ3n) is 9.32. The zero-order valence-electron chi connectivity index (χ0n) is 25.5. The van der Waals surface area contributed by atoms with Crippen LogP contribution in [-0.2, 0) is 32.9 Å². The fourth-order valence-electron chi connectivity index (χ4n) is 6.97. The molecule has 2 N–H and O–H groups in total. The maximum atomic E-state index is 13.8. The maximum Gasteiger partial charge on any atom is 0.274 e. The van der Waals surface area contributed by atoms with E-state index in [1.165, 1.54) is 33.4 Å². The number of hydrogen-bond acceptors (Lipinski definition) is 7. The summed E-state index contributed by atoms with van der Waals surface area (Å²) in [5.74, 6) is 0.424. The second kappa shape index (κ2) is 12.3. The largest absolute Gasteiger partial charge is 0.392 e. The number of anilines is 3. The molecule has 3 aliphatic rings. The molecule has 232 valence electrons. The van der Waals surface area contributed by atoms with Gasteiger partial charge in [0.25, 0.3) is 17.4 Å². The van der Waals surface area contributed by atoms with Gasteiger partial charge in [0, 0.05) is 55.1 Å². The molecule has 7 rings (SSSR count). The summed E-state index contributed by atoms with van der Waals surface area (Å²) in [5.41, 5.74) is 6.01. The minimum atomic E-state index is -0.261. The highest BCUT2D eigenvalue weighted by atomic mass is 32.1. The van der Waals surface area contributed by atoms with E-state index in [1.54, 1.807) is 53.9 Å². The van der Waals surface area contributed by atoms with Crippen LogP contribution in [0.15, 0.2) is 53.6 Å². The topological polar surface area (TPSA) is 108 Å². The van der Waals surface area contributed by atoms with Gasteiger partial charge in [0.2, 0.25) is 0 Å². The van der Waals surface area contributed by atoms with Crippen molar-refractivity contribution in [2.75, 3.05) is 29.9 Å². The molecule has 1 saturated heterocycles. The van der Waals surface area contributed by atoms with Gasteiger partial charge in [-0.25, -0.2) is 4.98 Å². The molecule has 1 aliphatic carbocycles. The van der Waals surface area contributed by atoms with E-state index < -0.39 is 0 Å². The summed E-state index contributed by atoms with van der Waals surface area (Å²) in [6.07, 6.45) is 11.8. The van der Waals surface area contributed by atoms with Crippen molar-refractivity contribution in [1.82, 2.24) is 14.5 Å². The van der Waals surface area contributed by atoms with E-state index in [0.717, 1.165) is 67.6 Å². The smallest absolute Gasteiger partial charge is 0.274 e. The van der Waals surface area contributed by atoms with Crippen LogP contribution >= 0.6 is 11.3 Å². The van der Waals surface area contributed by atoms with Crippen molar-refractivity contribution in [3.63, 3.8) is 0 Å². The SMILES string of the molecule is Cn1cc(-c2cccc(N3CCc4c(sc5c4CCCC5)C3=O)c2CO)cc(Nc2ccc(C(=O)N3CCCCC3)cn2)c1=O. The Morgan fingerprint density at radius 3 is 2.58 bits per heavy atom. The summed E-state index contributed by atoms with van der Waals surface area (Å²) in [5, 5.41) is 13.8. The highest BCUT2D eigenvalue weighted by Gasteiger charge is 2.33. The number of nitrogens with zero attached hydrogens (tertiary/aromatic N) is 4. The maximum absolute atomic E-state index is 13.8. The Morgan fingerprint density at radius 2 is 1.80 bits per heavy atom. The molecule has 2 amide bonds. The van der Waals surface area contributed by atoms with Gasteiger partial charge in [-0.15, -0.1) is 11.3 Å². The zero-order valence-corrected chi connectivity index (χ0v) is 26.3. The molecule has 3 aromatic heterocycles. The minimum absolute atomic E-state index is 0.00129. The first-order valence-electron chi connectivity index (χ1n) is 15.8. The molecule has 0 saturated carbocycles. The van der Waals surface area contributed by atoms with Crippen molar-refractivity contribution in [3.8, 4) is 11.1 Å². The van der Waals surface area contributed by atoms with Crippen LogP contribution in [0.1, 0.15) is 73.7 Å². The third-order valence-corrected chi connectivity index (χ3v) is 10.6. The van der Waals surface area contributed by atoms with Crippen LogP contribution in [0.5, 0.6) is 0 Å². The van der Waals surface area contributed by atoms with E-state index in [9.17, 15) is 19.5 Å². The number of rotatable bonds is 6. The van der Waals surface area contributed by atoms with Crippen LogP contribution in [0.3, 0.4) is 0 Å². The Bertz CT molecular complexity index is 1840. The Kier molecular flexibility index (Phi) is 8.01. The first-order valence-corrected chi connectivity index (χ1v) is 16.7. The van der Waals surface area contributed by atoms with Crippen LogP contribution < -0.4 is 15.8 Å². The van der Waals surface area contributed by atoms with Crippen LogP contribution in [0.25, 0.3) is 11.1 Å². The lowest BCUT2D eigenvalue weighted by Crippen LogP contribution is -2.37. The van der Waals surface area contributed by atoms with E-state index in [0.29, 0.717) is 34.9 Å². The molecule has 1 aromatic carbocycles. The third kappa shape index (κ3) is 5.46. The molecule has 0 unspecified atom stereocenters. The number of piperidine rings is 1. The lowest BCUT2D eigenvalue weighted by molar-refractivity contribution is 0.0723. The summed E-state index contributed by atoms with van der Waals surface area (Å²) >= 11 is 1.65. The van der Waals surface area contributed by atoms with Gasteiger partial charge in [0.1, 0.15) is 11.5 Å². The van der Waals surface area contributed by atoms with Crippen LogP contribution in [0.4, 0.5) is 17.2 Å². The van der Waals surface area contributed by atoms with Crippen molar-refractivity contribution in [1.29, 1.82) is 0 Å². The monoisotopic (exact) mass is 623 g/mol. The van der Waals surface area contributed by atoms with E-state index in [1.807, 2.05) is 23.1 Å². The zero-order chi connectivity index (χ0) is 31.1. The Morgan fingerprint density at radius 1 is 0.978 bits per heavy atom. The molecule has 2 aliphatic heterocycles. The second-order valence-electron chi connectivity index (χ2n) is 12.2. The first kappa shape index (κ1) is 29.4. The quantitative estimate of drug-likeness (QED) is 0.296. The predicted molar refractivity (Wildman–Crippen MR) is 177 cm³/mol. The number of fused-ring (bicyclic) bond motifs is 3. The number of pyridine rings is 2. The number of thiophene rings is 1. The summed E-state index contributed by atoms with van der Waals surface area (Å²) in [6, 6.07) is 10.9. The molecule has 0 atom stereocenters. The fraction of sp³-hybridized carbons (Fsp3) is 0.371. The Hall–Kier alpha value is -4.28. The van der Waals surface area contributed by atoms with Crippen molar-refractivity contribution >= 4 is 40.3 Å². The number of aliphatic hydroxyl groups is 1. The average Bonchev–Trinajstić information content (AvgIpc) is 3.47. The minimum Gasteiger partial charge on any atom is -0.392 e. The van der Waals surface area contributed by atoms with Gasteiger partial charge in [-0.05, 0) is 92.3 Å². The van der Waals surface area contributed by atoms with Gasteiger partial charge < -0.3 is 24.8 Å². The lowest BCUT2D eigenvalue weighted by atomic mass is 9.91. The molecule has 0 spiro atoms. The number of carbonyl (C=O) groups is 2. The van der Waals surface area contributed by atoms with Crippen molar-refractivity contribution < 1.29 is 14.7 Å². The van der Waals surface area contributed by atoms with Crippen LogP contribution in [0, 0.1) is 0 Å². The predicted octanol–water partition coefficient (Wildman–Crippen LogP) is 5.45. The van der Waals surface area contributed by atoms with Gasteiger partial charge >= 0.3 is 0 Å². The molecule has 4 aromatic rings. The number of carbonyl (C=O) groups excluding carboxylic acids is 2. The average molecular weight is 624 g/mol. The van der Waals surface area contributed by atoms with Crippen molar-refractivity contribution in [3.05, 3.63) is 91.2 Å². The van der Waals surface area contributed by atoms with Crippen molar-refractivity contribution in [2.45, 2.75) is 58.0 Å². The molecular weight excluding hydrogens is 586 g/mol. The van der Waals surface area contributed by atoms with Crippen LogP contribution in [-0.4, -0.2) is 51.0 Å².